The van der Waals surface area contributed by atoms with Gasteiger partial charge in [-0.05, 0) is 36.4 Å². The summed E-state index contributed by atoms with van der Waals surface area (Å²) in [4.78, 5) is 22.6. The SMILES string of the molecule is CCCCCCC(CCCC)COC(=O)CCCCC[N+](C)=O. The van der Waals surface area contributed by atoms with Gasteiger partial charge in [0, 0.05) is 17.7 Å². The van der Waals surface area contributed by atoms with Gasteiger partial charge in [0.25, 0.3) is 0 Å². The zero-order valence-electron chi connectivity index (χ0n) is 15.6. The number of hydrogen-bond acceptors (Lipinski definition) is 3. The molecule has 0 aliphatic rings. The third kappa shape index (κ3) is 15.7. The summed E-state index contributed by atoms with van der Waals surface area (Å²) in [5.41, 5.74) is 0. The monoisotopic (exact) mass is 328 g/mol. The Bertz CT molecular complexity index is 305. The number of unbranched alkanes of at least 4 members (excludes halogenated alkanes) is 6. The van der Waals surface area contributed by atoms with Crippen LogP contribution in [0.5, 0.6) is 0 Å². The lowest BCUT2D eigenvalue weighted by Crippen LogP contribution is -2.14. The van der Waals surface area contributed by atoms with E-state index in [0.717, 1.165) is 24.0 Å². The topological polar surface area (TPSA) is 46.4 Å². The summed E-state index contributed by atoms with van der Waals surface area (Å²) in [5, 5.41) is 0. The van der Waals surface area contributed by atoms with E-state index in [9.17, 15) is 9.70 Å². The van der Waals surface area contributed by atoms with Crippen LogP contribution in [-0.2, 0) is 9.53 Å². The standard InChI is InChI=1S/C19H38NO3/c1-4-6-8-10-14-18(13-7-5-2)17-23-19(21)15-11-9-12-16-20(3)22/h18H,4-17H2,1-3H3/q+1. The highest BCUT2D eigenvalue weighted by Crippen LogP contribution is 2.18. The Morgan fingerprint density at radius 2 is 1.57 bits per heavy atom. The van der Waals surface area contributed by atoms with Crippen molar-refractivity contribution in [1.29, 1.82) is 0 Å². The average molecular weight is 329 g/mol. The van der Waals surface area contributed by atoms with Gasteiger partial charge in [0.1, 0.15) is 0 Å². The van der Waals surface area contributed by atoms with Crippen LogP contribution in [-0.4, -0.2) is 30.9 Å². The molecule has 0 radical (unpaired) electrons. The molecule has 4 heteroatoms. The molecule has 0 N–H and O–H groups in total. The van der Waals surface area contributed by atoms with Gasteiger partial charge in [-0.25, -0.2) is 0 Å². The number of hydrogen-bond donors (Lipinski definition) is 0. The van der Waals surface area contributed by atoms with Crippen molar-refractivity contribution in [3.05, 3.63) is 4.91 Å². The maximum absolute atomic E-state index is 11.8. The summed E-state index contributed by atoms with van der Waals surface area (Å²) in [6.07, 6.45) is 13.0. The Labute approximate surface area is 142 Å². The van der Waals surface area contributed by atoms with Gasteiger partial charge in [0.05, 0.1) is 6.61 Å². The smallest absolute Gasteiger partial charge is 0.305 e. The second-order valence-electron chi connectivity index (χ2n) is 6.70. The molecule has 0 amide bonds. The number of rotatable bonds is 16. The van der Waals surface area contributed by atoms with Crippen molar-refractivity contribution in [3.63, 3.8) is 0 Å². The van der Waals surface area contributed by atoms with Crippen molar-refractivity contribution in [3.8, 4) is 0 Å². The first-order chi connectivity index (χ1) is 11.1. The van der Waals surface area contributed by atoms with Crippen molar-refractivity contribution < 1.29 is 14.3 Å². The third-order valence-corrected chi connectivity index (χ3v) is 4.27. The van der Waals surface area contributed by atoms with Crippen LogP contribution < -0.4 is 0 Å². The molecular formula is C19H38NO3+. The third-order valence-electron chi connectivity index (χ3n) is 4.27. The van der Waals surface area contributed by atoms with E-state index >= 15 is 0 Å². The number of ether oxygens (including phenoxy) is 1. The summed E-state index contributed by atoms with van der Waals surface area (Å²) in [6, 6.07) is 0. The fourth-order valence-electron chi connectivity index (χ4n) is 2.73. The minimum absolute atomic E-state index is 0.0736. The molecular weight excluding hydrogens is 290 g/mol. The minimum atomic E-state index is -0.0736. The Balaban J connectivity index is 3.79. The van der Waals surface area contributed by atoms with Gasteiger partial charge in [-0.15, -0.1) is 0 Å². The highest BCUT2D eigenvalue weighted by molar-refractivity contribution is 5.69. The van der Waals surface area contributed by atoms with E-state index in [2.05, 4.69) is 13.8 Å². The molecule has 0 rings (SSSR count). The molecule has 0 heterocycles. The van der Waals surface area contributed by atoms with Crippen LogP contribution in [0.4, 0.5) is 0 Å². The predicted molar refractivity (Wildman–Crippen MR) is 95.6 cm³/mol. The molecule has 0 fully saturated rings. The quantitative estimate of drug-likeness (QED) is 0.220. The largest absolute Gasteiger partial charge is 0.465 e. The minimum Gasteiger partial charge on any atom is -0.465 e. The zero-order chi connectivity index (χ0) is 17.3. The summed E-state index contributed by atoms with van der Waals surface area (Å²) in [6.45, 7) is 5.57. The van der Waals surface area contributed by atoms with Gasteiger partial charge in [-0.1, -0.05) is 52.4 Å². The molecule has 0 saturated carbocycles. The van der Waals surface area contributed by atoms with Crippen LogP contribution in [0.1, 0.15) is 90.9 Å². The molecule has 0 aromatic rings. The molecule has 136 valence electrons. The van der Waals surface area contributed by atoms with Crippen LogP contribution in [0, 0.1) is 10.8 Å². The molecule has 0 aromatic heterocycles. The highest BCUT2D eigenvalue weighted by Gasteiger charge is 2.12. The maximum Gasteiger partial charge on any atom is 0.305 e. The number of carbonyl (C=O) groups excluding carboxylic acids is 1. The Morgan fingerprint density at radius 1 is 0.913 bits per heavy atom. The predicted octanol–water partition coefficient (Wildman–Crippen LogP) is 5.28. The summed E-state index contributed by atoms with van der Waals surface area (Å²) >= 11 is 0. The highest BCUT2D eigenvalue weighted by atomic mass is 16.5. The first-order valence-corrected chi connectivity index (χ1v) is 9.64. The van der Waals surface area contributed by atoms with E-state index in [1.165, 1.54) is 58.4 Å². The van der Waals surface area contributed by atoms with Gasteiger partial charge in [0.2, 0.25) is 0 Å². The second-order valence-corrected chi connectivity index (χ2v) is 6.70. The van der Waals surface area contributed by atoms with E-state index in [-0.39, 0.29) is 5.97 Å². The lowest BCUT2D eigenvalue weighted by atomic mass is 9.96. The van der Waals surface area contributed by atoms with Gasteiger partial charge in [-0.2, -0.15) is 0 Å². The van der Waals surface area contributed by atoms with Gasteiger partial charge in [0.15, 0.2) is 13.6 Å². The molecule has 0 bridgehead atoms. The van der Waals surface area contributed by atoms with Gasteiger partial charge in [-0.3, -0.25) is 4.79 Å². The second kappa shape index (κ2) is 15.9. The number of carbonyl (C=O) groups is 1. The van der Waals surface area contributed by atoms with Crippen molar-refractivity contribution in [1.82, 2.24) is 0 Å². The summed E-state index contributed by atoms with van der Waals surface area (Å²) in [7, 11) is 1.53. The molecule has 0 aliphatic heterocycles. The molecule has 0 saturated heterocycles. The van der Waals surface area contributed by atoms with Crippen LogP contribution in [0.15, 0.2) is 0 Å². The van der Waals surface area contributed by atoms with E-state index in [4.69, 9.17) is 4.74 Å². The zero-order valence-corrected chi connectivity index (χ0v) is 15.6. The van der Waals surface area contributed by atoms with Crippen LogP contribution >= 0.6 is 0 Å². The maximum atomic E-state index is 11.8. The molecule has 1 atom stereocenters. The average Bonchev–Trinajstić information content (AvgIpc) is 2.52. The summed E-state index contributed by atoms with van der Waals surface area (Å²) < 4.78 is 6.41. The van der Waals surface area contributed by atoms with Crippen molar-refractivity contribution in [2.75, 3.05) is 20.2 Å². The van der Waals surface area contributed by atoms with Crippen LogP contribution in [0.3, 0.4) is 0 Å². The molecule has 4 nitrogen and oxygen atoms in total. The Hall–Kier alpha value is -0.930. The van der Waals surface area contributed by atoms with Crippen molar-refractivity contribution in [2.45, 2.75) is 90.9 Å². The van der Waals surface area contributed by atoms with E-state index in [1.807, 2.05) is 0 Å². The molecule has 1 unspecified atom stereocenters. The van der Waals surface area contributed by atoms with Gasteiger partial charge >= 0.3 is 5.97 Å². The van der Waals surface area contributed by atoms with Crippen molar-refractivity contribution >= 4 is 5.97 Å². The normalized spacial score (nSPS) is 12.1. The summed E-state index contributed by atoms with van der Waals surface area (Å²) in [5.74, 6) is 0.459. The molecule has 0 aromatic carbocycles. The van der Waals surface area contributed by atoms with E-state index in [1.54, 1.807) is 0 Å². The molecule has 23 heavy (non-hydrogen) atoms. The Morgan fingerprint density at radius 3 is 2.22 bits per heavy atom. The lowest BCUT2D eigenvalue weighted by Gasteiger charge is -2.16. The lowest BCUT2D eigenvalue weighted by molar-refractivity contribution is -0.519. The van der Waals surface area contributed by atoms with Gasteiger partial charge < -0.3 is 4.74 Å². The van der Waals surface area contributed by atoms with Crippen LogP contribution in [0.25, 0.3) is 0 Å². The van der Waals surface area contributed by atoms with E-state index in [0.29, 0.717) is 25.5 Å². The van der Waals surface area contributed by atoms with Crippen molar-refractivity contribution in [2.24, 2.45) is 5.92 Å². The first kappa shape index (κ1) is 22.1. The molecule has 0 aliphatic carbocycles. The first-order valence-electron chi connectivity index (χ1n) is 9.64. The number of nitrogens with zero attached hydrogens (tertiary/aromatic N) is 1. The fraction of sp³-hybridized carbons (Fsp3) is 0.947. The number of esters is 1. The van der Waals surface area contributed by atoms with Crippen LogP contribution in [0.2, 0.25) is 0 Å². The molecule has 0 spiro atoms. The fourth-order valence-corrected chi connectivity index (χ4v) is 2.73. The number of nitroso groups, excluding NO2 is 1. The Kier molecular flexibility index (Phi) is 15.3. The van der Waals surface area contributed by atoms with E-state index < -0.39 is 0 Å².